The SMILES string of the molecule is CC1SCC(c2ccc(F)cc2F)N=C1N. The van der Waals surface area contributed by atoms with E-state index in [-0.39, 0.29) is 11.3 Å². The maximum absolute atomic E-state index is 13.5. The molecule has 2 unspecified atom stereocenters. The zero-order valence-electron chi connectivity index (χ0n) is 8.78. The van der Waals surface area contributed by atoms with E-state index in [0.29, 0.717) is 17.2 Å². The Morgan fingerprint density at radius 2 is 2.19 bits per heavy atom. The van der Waals surface area contributed by atoms with Crippen LogP contribution in [0.4, 0.5) is 8.78 Å². The van der Waals surface area contributed by atoms with Crippen molar-refractivity contribution in [1.82, 2.24) is 0 Å². The van der Waals surface area contributed by atoms with E-state index in [4.69, 9.17) is 5.73 Å². The molecule has 0 spiro atoms. The summed E-state index contributed by atoms with van der Waals surface area (Å²) in [7, 11) is 0. The number of nitrogens with two attached hydrogens (primary N) is 1. The van der Waals surface area contributed by atoms with E-state index in [0.717, 1.165) is 6.07 Å². The molecule has 1 aromatic carbocycles. The van der Waals surface area contributed by atoms with Crippen LogP contribution < -0.4 is 5.73 Å². The van der Waals surface area contributed by atoms with Gasteiger partial charge in [0, 0.05) is 17.4 Å². The Hall–Kier alpha value is -1.10. The molecule has 2 rings (SSSR count). The molecule has 1 aromatic rings. The number of nitrogens with zero attached hydrogens (tertiary/aromatic N) is 1. The Kier molecular flexibility index (Phi) is 3.14. The van der Waals surface area contributed by atoms with Crippen molar-refractivity contribution in [2.24, 2.45) is 10.7 Å². The molecule has 1 aliphatic heterocycles. The summed E-state index contributed by atoms with van der Waals surface area (Å²) in [6, 6.07) is 3.25. The van der Waals surface area contributed by atoms with Crippen molar-refractivity contribution in [3.8, 4) is 0 Å². The molecule has 0 aliphatic carbocycles. The van der Waals surface area contributed by atoms with Crippen LogP contribution in [0.15, 0.2) is 23.2 Å². The van der Waals surface area contributed by atoms with Crippen molar-refractivity contribution in [2.75, 3.05) is 5.75 Å². The first-order chi connectivity index (χ1) is 7.58. The van der Waals surface area contributed by atoms with Gasteiger partial charge >= 0.3 is 0 Å². The second kappa shape index (κ2) is 4.41. The van der Waals surface area contributed by atoms with E-state index in [1.807, 2.05) is 6.92 Å². The maximum Gasteiger partial charge on any atom is 0.131 e. The fourth-order valence-corrected chi connectivity index (χ4v) is 2.53. The van der Waals surface area contributed by atoms with Crippen molar-refractivity contribution < 1.29 is 8.78 Å². The Labute approximate surface area is 96.9 Å². The summed E-state index contributed by atoms with van der Waals surface area (Å²) in [5.74, 6) is 0.0569. The molecule has 2 nitrogen and oxygen atoms in total. The summed E-state index contributed by atoms with van der Waals surface area (Å²) in [6.45, 7) is 1.96. The van der Waals surface area contributed by atoms with Gasteiger partial charge in [0.15, 0.2) is 0 Å². The number of aliphatic imine (C=N–C) groups is 1. The first kappa shape index (κ1) is 11.4. The van der Waals surface area contributed by atoms with E-state index < -0.39 is 11.6 Å². The average molecular weight is 242 g/mol. The summed E-state index contributed by atoms with van der Waals surface area (Å²) in [6.07, 6.45) is 0. The summed E-state index contributed by atoms with van der Waals surface area (Å²) >= 11 is 1.63. The number of amidine groups is 1. The summed E-state index contributed by atoms with van der Waals surface area (Å²) in [4.78, 5) is 4.24. The number of rotatable bonds is 1. The van der Waals surface area contributed by atoms with Gasteiger partial charge in [-0.1, -0.05) is 6.07 Å². The molecule has 1 heterocycles. The number of benzene rings is 1. The Balaban J connectivity index is 2.32. The number of halogens is 2. The smallest absolute Gasteiger partial charge is 0.131 e. The highest BCUT2D eigenvalue weighted by Crippen LogP contribution is 2.31. The van der Waals surface area contributed by atoms with Crippen LogP contribution in [0.3, 0.4) is 0 Å². The predicted octanol–water partition coefficient (Wildman–Crippen LogP) is 2.50. The van der Waals surface area contributed by atoms with E-state index in [1.165, 1.54) is 12.1 Å². The normalized spacial score (nSPS) is 25.3. The van der Waals surface area contributed by atoms with Gasteiger partial charge in [-0.15, -0.1) is 11.8 Å². The summed E-state index contributed by atoms with van der Waals surface area (Å²) < 4.78 is 26.2. The number of thioether (sulfide) groups is 1. The molecule has 0 aromatic heterocycles. The fourth-order valence-electron chi connectivity index (χ4n) is 1.57. The molecule has 2 atom stereocenters. The quantitative estimate of drug-likeness (QED) is 0.821. The van der Waals surface area contributed by atoms with Gasteiger partial charge in [0.1, 0.15) is 17.5 Å². The molecule has 2 N–H and O–H groups in total. The van der Waals surface area contributed by atoms with Crippen molar-refractivity contribution in [1.29, 1.82) is 0 Å². The van der Waals surface area contributed by atoms with Crippen LogP contribution in [-0.4, -0.2) is 16.8 Å². The van der Waals surface area contributed by atoms with Gasteiger partial charge in [0.25, 0.3) is 0 Å². The summed E-state index contributed by atoms with van der Waals surface area (Å²) in [5, 5.41) is 0.166. The van der Waals surface area contributed by atoms with Crippen LogP contribution in [0.2, 0.25) is 0 Å². The highest BCUT2D eigenvalue weighted by atomic mass is 32.2. The van der Waals surface area contributed by atoms with E-state index in [9.17, 15) is 8.78 Å². The molecule has 0 saturated heterocycles. The second-order valence-electron chi connectivity index (χ2n) is 3.71. The second-order valence-corrected chi connectivity index (χ2v) is 5.08. The predicted molar refractivity (Wildman–Crippen MR) is 62.6 cm³/mol. The van der Waals surface area contributed by atoms with Crippen LogP contribution in [0, 0.1) is 11.6 Å². The molecule has 86 valence electrons. The highest BCUT2D eigenvalue weighted by Gasteiger charge is 2.23. The molecular weight excluding hydrogens is 230 g/mol. The third-order valence-corrected chi connectivity index (χ3v) is 3.80. The van der Waals surface area contributed by atoms with Gasteiger partial charge in [0.2, 0.25) is 0 Å². The van der Waals surface area contributed by atoms with Crippen molar-refractivity contribution in [3.63, 3.8) is 0 Å². The molecule has 0 amide bonds. The third kappa shape index (κ3) is 2.19. The van der Waals surface area contributed by atoms with Crippen LogP contribution >= 0.6 is 11.8 Å². The lowest BCUT2D eigenvalue weighted by atomic mass is 10.1. The van der Waals surface area contributed by atoms with Crippen LogP contribution in [0.25, 0.3) is 0 Å². The lowest BCUT2D eigenvalue weighted by molar-refractivity contribution is 0.563. The first-order valence-corrected chi connectivity index (χ1v) is 6.02. The minimum atomic E-state index is -0.574. The molecule has 0 fully saturated rings. The summed E-state index contributed by atoms with van der Waals surface area (Å²) in [5.41, 5.74) is 6.12. The highest BCUT2D eigenvalue weighted by molar-refractivity contribution is 8.00. The molecule has 5 heteroatoms. The standard InChI is InChI=1S/C11H12F2N2S/c1-6-11(14)15-10(5-16-6)8-3-2-7(12)4-9(8)13/h2-4,6,10H,5H2,1H3,(H2,14,15). The zero-order valence-corrected chi connectivity index (χ0v) is 9.60. The van der Waals surface area contributed by atoms with E-state index in [1.54, 1.807) is 11.8 Å². The van der Waals surface area contributed by atoms with Gasteiger partial charge in [-0.3, -0.25) is 4.99 Å². The molecular formula is C11H12F2N2S. The maximum atomic E-state index is 13.5. The molecule has 16 heavy (non-hydrogen) atoms. The Bertz CT molecular complexity index is 434. The van der Waals surface area contributed by atoms with E-state index >= 15 is 0 Å². The van der Waals surface area contributed by atoms with Gasteiger partial charge in [0.05, 0.1) is 11.3 Å². The third-order valence-electron chi connectivity index (χ3n) is 2.55. The molecule has 0 saturated carbocycles. The first-order valence-electron chi connectivity index (χ1n) is 4.97. The van der Waals surface area contributed by atoms with Crippen molar-refractivity contribution in [3.05, 3.63) is 35.4 Å². The zero-order chi connectivity index (χ0) is 11.7. The van der Waals surface area contributed by atoms with Crippen LogP contribution in [0.5, 0.6) is 0 Å². The van der Waals surface area contributed by atoms with Gasteiger partial charge in [-0.25, -0.2) is 8.78 Å². The lowest BCUT2D eigenvalue weighted by Gasteiger charge is -2.23. The molecule has 0 radical (unpaired) electrons. The lowest BCUT2D eigenvalue weighted by Crippen LogP contribution is -2.29. The molecule has 0 bridgehead atoms. The van der Waals surface area contributed by atoms with Crippen molar-refractivity contribution >= 4 is 17.6 Å². The minimum absolute atomic E-state index is 0.166. The topological polar surface area (TPSA) is 38.4 Å². The van der Waals surface area contributed by atoms with Crippen LogP contribution in [-0.2, 0) is 0 Å². The fraction of sp³-hybridized carbons (Fsp3) is 0.364. The number of hydrogen-bond acceptors (Lipinski definition) is 3. The minimum Gasteiger partial charge on any atom is -0.387 e. The Morgan fingerprint density at radius 3 is 2.81 bits per heavy atom. The van der Waals surface area contributed by atoms with Crippen molar-refractivity contribution in [2.45, 2.75) is 18.2 Å². The van der Waals surface area contributed by atoms with E-state index in [2.05, 4.69) is 4.99 Å². The Morgan fingerprint density at radius 1 is 1.44 bits per heavy atom. The van der Waals surface area contributed by atoms with Gasteiger partial charge in [-0.05, 0) is 13.0 Å². The average Bonchev–Trinajstić information content (AvgIpc) is 2.22. The van der Waals surface area contributed by atoms with Gasteiger partial charge < -0.3 is 5.73 Å². The van der Waals surface area contributed by atoms with Crippen LogP contribution in [0.1, 0.15) is 18.5 Å². The largest absolute Gasteiger partial charge is 0.387 e. The number of hydrogen-bond donors (Lipinski definition) is 1. The monoisotopic (exact) mass is 242 g/mol. The molecule has 1 aliphatic rings. The van der Waals surface area contributed by atoms with Gasteiger partial charge in [-0.2, -0.15) is 0 Å².